The van der Waals surface area contributed by atoms with E-state index in [2.05, 4.69) is 0 Å². The van der Waals surface area contributed by atoms with Gasteiger partial charge >= 0.3 is 0 Å². The lowest BCUT2D eigenvalue weighted by Gasteiger charge is -2.11. The Morgan fingerprint density at radius 1 is 1.24 bits per heavy atom. The Morgan fingerprint density at radius 2 is 1.88 bits per heavy atom. The predicted molar refractivity (Wildman–Crippen MR) is 60.6 cm³/mol. The minimum Gasteiger partial charge on any atom is -0.366 e. The first kappa shape index (κ1) is 11.3. The van der Waals surface area contributed by atoms with Crippen molar-refractivity contribution >= 4 is 17.7 Å². The summed E-state index contributed by atoms with van der Waals surface area (Å²) in [6, 6.07) is 4.32. The van der Waals surface area contributed by atoms with Gasteiger partial charge in [-0.05, 0) is 24.6 Å². The number of nitrogens with two attached hydrogens (primary N) is 1. The summed E-state index contributed by atoms with van der Waals surface area (Å²) < 4.78 is 0. The molecule has 0 atom stereocenters. The second kappa shape index (κ2) is 4.01. The molecular formula is C12H12N2O3. The molecule has 1 aliphatic heterocycles. The smallest absolute Gasteiger partial charge is 0.261 e. The molecule has 0 spiro atoms. The fourth-order valence-electron chi connectivity index (χ4n) is 1.87. The Kier molecular flexibility index (Phi) is 2.67. The molecule has 0 fully saturated rings. The van der Waals surface area contributed by atoms with Crippen LogP contribution >= 0.6 is 0 Å². The average molecular weight is 232 g/mol. The van der Waals surface area contributed by atoms with Crippen LogP contribution in [0.4, 0.5) is 0 Å². The van der Waals surface area contributed by atoms with Crippen LogP contribution in [0.1, 0.15) is 44.4 Å². The van der Waals surface area contributed by atoms with Gasteiger partial charge in [0.05, 0.1) is 11.1 Å². The van der Waals surface area contributed by atoms with Crippen LogP contribution in [0.15, 0.2) is 18.2 Å². The largest absolute Gasteiger partial charge is 0.366 e. The third-order valence-corrected chi connectivity index (χ3v) is 2.70. The molecule has 0 bridgehead atoms. The minimum absolute atomic E-state index is 0.239. The maximum Gasteiger partial charge on any atom is 0.261 e. The van der Waals surface area contributed by atoms with E-state index in [1.165, 1.54) is 23.1 Å². The van der Waals surface area contributed by atoms with E-state index in [1.54, 1.807) is 0 Å². The van der Waals surface area contributed by atoms with Crippen molar-refractivity contribution in [1.82, 2.24) is 4.90 Å². The van der Waals surface area contributed by atoms with Gasteiger partial charge in [-0.3, -0.25) is 19.3 Å². The Hall–Kier alpha value is -2.17. The van der Waals surface area contributed by atoms with E-state index in [0.29, 0.717) is 18.5 Å². The van der Waals surface area contributed by atoms with Crippen molar-refractivity contribution in [3.63, 3.8) is 0 Å². The van der Waals surface area contributed by atoms with Gasteiger partial charge in [0.15, 0.2) is 0 Å². The van der Waals surface area contributed by atoms with Crippen LogP contribution in [-0.2, 0) is 0 Å². The van der Waals surface area contributed by atoms with E-state index in [1.807, 2.05) is 6.92 Å². The molecule has 1 aromatic carbocycles. The van der Waals surface area contributed by atoms with Gasteiger partial charge in [-0.2, -0.15) is 0 Å². The highest BCUT2D eigenvalue weighted by Crippen LogP contribution is 2.23. The van der Waals surface area contributed by atoms with Gasteiger partial charge in [0.25, 0.3) is 11.8 Å². The lowest BCUT2D eigenvalue weighted by molar-refractivity contribution is 0.0654. The molecule has 17 heavy (non-hydrogen) atoms. The first-order valence-corrected chi connectivity index (χ1v) is 5.36. The summed E-state index contributed by atoms with van der Waals surface area (Å²) in [7, 11) is 0. The topological polar surface area (TPSA) is 80.5 Å². The molecule has 0 aliphatic carbocycles. The predicted octanol–water partition coefficient (Wildman–Crippen LogP) is 0.792. The van der Waals surface area contributed by atoms with E-state index in [9.17, 15) is 14.4 Å². The zero-order valence-electron chi connectivity index (χ0n) is 9.40. The molecule has 1 heterocycles. The van der Waals surface area contributed by atoms with Gasteiger partial charge < -0.3 is 5.73 Å². The first-order chi connectivity index (χ1) is 8.06. The van der Waals surface area contributed by atoms with Gasteiger partial charge in [0, 0.05) is 12.1 Å². The molecule has 5 heteroatoms. The standard InChI is InChI=1S/C12H12N2O3/c1-2-5-14-11(16)8-4-3-7(10(13)15)6-9(8)12(14)17/h3-4,6H,2,5H2,1H3,(H2,13,15). The fraction of sp³-hybridized carbons (Fsp3) is 0.250. The van der Waals surface area contributed by atoms with Gasteiger partial charge in [0.2, 0.25) is 5.91 Å². The van der Waals surface area contributed by atoms with Crippen LogP contribution in [0.3, 0.4) is 0 Å². The van der Waals surface area contributed by atoms with E-state index >= 15 is 0 Å². The highest BCUT2D eigenvalue weighted by atomic mass is 16.2. The summed E-state index contributed by atoms with van der Waals surface area (Å²) in [5.74, 6) is -1.26. The molecular weight excluding hydrogens is 220 g/mol. The van der Waals surface area contributed by atoms with E-state index < -0.39 is 5.91 Å². The summed E-state index contributed by atoms with van der Waals surface area (Å²) >= 11 is 0. The van der Waals surface area contributed by atoms with Crippen molar-refractivity contribution in [2.45, 2.75) is 13.3 Å². The third kappa shape index (κ3) is 1.69. The average Bonchev–Trinajstić information content (AvgIpc) is 2.54. The minimum atomic E-state index is -0.609. The lowest BCUT2D eigenvalue weighted by atomic mass is 10.1. The zero-order chi connectivity index (χ0) is 12.6. The molecule has 0 radical (unpaired) electrons. The van der Waals surface area contributed by atoms with Gasteiger partial charge in [-0.15, -0.1) is 0 Å². The number of carbonyl (C=O) groups excluding carboxylic acids is 3. The second-order valence-corrected chi connectivity index (χ2v) is 3.89. The number of nitrogens with zero attached hydrogens (tertiary/aromatic N) is 1. The summed E-state index contributed by atoms with van der Waals surface area (Å²) in [5, 5.41) is 0. The van der Waals surface area contributed by atoms with Crippen LogP contribution < -0.4 is 5.73 Å². The van der Waals surface area contributed by atoms with Gasteiger partial charge in [-0.25, -0.2) is 0 Å². The van der Waals surface area contributed by atoms with Crippen LogP contribution in [0.2, 0.25) is 0 Å². The number of rotatable bonds is 3. The summed E-state index contributed by atoms with van der Waals surface area (Å²) in [5.41, 5.74) is 5.98. The number of amides is 3. The molecule has 5 nitrogen and oxygen atoms in total. The SMILES string of the molecule is CCCN1C(=O)c2ccc(C(N)=O)cc2C1=O. The number of hydrogen-bond acceptors (Lipinski definition) is 3. The van der Waals surface area contributed by atoms with Gasteiger partial charge in [-0.1, -0.05) is 6.92 Å². The number of hydrogen-bond donors (Lipinski definition) is 1. The van der Waals surface area contributed by atoms with Crippen molar-refractivity contribution in [2.24, 2.45) is 5.73 Å². The van der Waals surface area contributed by atoms with Crippen LogP contribution in [0, 0.1) is 0 Å². The number of primary amides is 1. The Balaban J connectivity index is 2.47. The number of imide groups is 1. The highest BCUT2D eigenvalue weighted by molar-refractivity contribution is 6.22. The quantitative estimate of drug-likeness (QED) is 0.782. The monoisotopic (exact) mass is 232 g/mol. The first-order valence-electron chi connectivity index (χ1n) is 5.36. The summed E-state index contributed by atoms with van der Waals surface area (Å²) in [6.07, 6.45) is 0.703. The molecule has 1 aliphatic rings. The number of benzene rings is 1. The normalized spacial score (nSPS) is 14.1. The lowest BCUT2D eigenvalue weighted by Crippen LogP contribution is -2.30. The van der Waals surface area contributed by atoms with Crippen LogP contribution in [0.25, 0.3) is 0 Å². The van der Waals surface area contributed by atoms with Crippen LogP contribution in [0.5, 0.6) is 0 Å². The molecule has 0 aromatic heterocycles. The Labute approximate surface area is 98.2 Å². The maximum absolute atomic E-state index is 11.9. The van der Waals surface area contributed by atoms with Crippen LogP contribution in [-0.4, -0.2) is 29.2 Å². The zero-order valence-corrected chi connectivity index (χ0v) is 9.40. The molecule has 0 saturated heterocycles. The fourth-order valence-corrected chi connectivity index (χ4v) is 1.87. The van der Waals surface area contributed by atoms with Crippen molar-refractivity contribution < 1.29 is 14.4 Å². The van der Waals surface area contributed by atoms with Crippen molar-refractivity contribution in [2.75, 3.05) is 6.54 Å². The number of fused-ring (bicyclic) bond motifs is 1. The van der Waals surface area contributed by atoms with Crippen molar-refractivity contribution in [3.8, 4) is 0 Å². The van der Waals surface area contributed by atoms with E-state index in [-0.39, 0.29) is 22.9 Å². The molecule has 0 unspecified atom stereocenters. The van der Waals surface area contributed by atoms with E-state index in [4.69, 9.17) is 5.73 Å². The van der Waals surface area contributed by atoms with Gasteiger partial charge in [0.1, 0.15) is 0 Å². The van der Waals surface area contributed by atoms with Crippen molar-refractivity contribution in [3.05, 3.63) is 34.9 Å². The molecule has 1 aromatic rings. The second-order valence-electron chi connectivity index (χ2n) is 3.89. The maximum atomic E-state index is 11.9. The number of carbonyl (C=O) groups is 3. The summed E-state index contributed by atoms with van der Waals surface area (Å²) in [6.45, 7) is 2.27. The summed E-state index contributed by atoms with van der Waals surface area (Å²) in [4.78, 5) is 36.0. The Bertz CT molecular complexity index is 522. The molecule has 88 valence electrons. The molecule has 2 N–H and O–H groups in total. The molecule has 0 saturated carbocycles. The third-order valence-electron chi connectivity index (χ3n) is 2.70. The van der Waals surface area contributed by atoms with Crippen molar-refractivity contribution in [1.29, 1.82) is 0 Å². The molecule has 2 rings (SSSR count). The van der Waals surface area contributed by atoms with E-state index in [0.717, 1.165) is 0 Å². The Morgan fingerprint density at radius 3 is 2.47 bits per heavy atom. The molecule has 3 amide bonds. The highest BCUT2D eigenvalue weighted by Gasteiger charge is 2.35.